The highest BCUT2D eigenvalue weighted by Crippen LogP contribution is 2.41. The second kappa shape index (κ2) is 10.3. The van der Waals surface area contributed by atoms with Gasteiger partial charge in [0, 0.05) is 6.54 Å². The molecular formula is C25H40F3NO5SSi. The van der Waals surface area contributed by atoms with Gasteiger partial charge in [-0.2, -0.15) is 13.2 Å². The number of hydrogen-bond donors (Lipinski definition) is 0. The average Bonchev–Trinajstić information content (AvgIpc) is 3.18. The molecule has 0 spiro atoms. The number of amides is 1. The quantitative estimate of drug-likeness (QED) is 0.413. The fourth-order valence-corrected chi connectivity index (χ4v) is 7.15. The van der Waals surface area contributed by atoms with Gasteiger partial charge in [-0.3, -0.25) is 0 Å². The fourth-order valence-electron chi connectivity index (χ4n) is 3.97. The van der Waals surface area contributed by atoms with Crippen molar-refractivity contribution in [3.63, 3.8) is 0 Å². The number of nitrogens with zero attached hydrogens (tertiary/aromatic N) is 1. The van der Waals surface area contributed by atoms with E-state index in [9.17, 15) is 26.4 Å². The van der Waals surface area contributed by atoms with Crippen molar-refractivity contribution in [1.82, 2.24) is 4.90 Å². The van der Waals surface area contributed by atoms with E-state index in [1.165, 1.54) is 11.0 Å². The number of carbonyl (C=O) groups excluding carboxylic acids is 1. The van der Waals surface area contributed by atoms with Gasteiger partial charge in [-0.05, 0) is 64.1 Å². The van der Waals surface area contributed by atoms with Gasteiger partial charge in [0.2, 0.25) is 0 Å². The van der Waals surface area contributed by atoms with Crippen molar-refractivity contribution < 1.29 is 35.5 Å². The second-order valence-electron chi connectivity index (χ2n) is 12.1. The molecule has 1 fully saturated rings. The summed E-state index contributed by atoms with van der Waals surface area (Å²) in [7, 11) is -5.56. The van der Waals surface area contributed by atoms with Gasteiger partial charge >= 0.3 is 12.3 Å². The number of benzene rings is 1. The van der Waals surface area contributed by atoms with Crippen molar-refractivity contribution in [2.45, 2.75) is 107 Å². The highest BCUT2D eigenvalue weighted by atomic mass is 32.2. The number of halogens is 3. The summed E-state index contributed by atoms with van der Waals surface area (Å²) in [6.07, 6.45) is -5.60. The first-order valence-corrected chi connectivity index (χ1v) is 15.0. The zero-order valence-electron chi connectivity index (χ0n) is 22.7. The molecule has 1 aliphatic heterocycles. The normalized spacial score (nSPS) is 20.5. The van der Waals surface area contributed by atoms with Crippen molar-refractivity contribution in [2.75, 3.05) is 6.54 Å². The molecule has 0 aromatic heterocycles. The summed E-state index contributed by atoms with van der Waals surface area (Å²) in [6, 6.07) is 3.47. The maximum absolute atomic E-state index is 13.6. The molecule has 1 amide bonds. The van der Waals surface area contributed by atoms with Gasteiger partial charge in [-0.15, -0.1) is 0 Å². The molecule has 1 aliphatic rings. The lowest BCUT2D eigenvalue weighted by Gasteiger charge is -2.41. The van der Waals surface area contributed by atoms with Crippen LogP contribution in [0.3, 0.4) is 0 Å². The maximum Gasteiger partial charge on any atom is 0.417 e. The zero-order chi connectivity index (χ0) is 27.9. The molecule has 6 nitrogen and oxygen atoms in total. The van der Waals surface area contributed by atoms with Gasteiger partial charge in [0.15, 0.2) is 19.6 Å². The Hall–Kier alpha value is -1.59. The molecule has 36 heavy (non-hydrogen) atoms. The number of likely N-dealkylation sites (tertiary alicyclic amines) is 1. The third-order valence-corrected chi connectivity index (χ3v) is 11.6. The van der Waals surface area contributed by atoms with Crippen LogP contribution in [0, 0.1) is 5.92 Å². The van der Waals surface area contributed by atoms with Gasteiger partial charge in [0.1, 0.15) is 5.60 Å². The molecule has 0 saturated carbocycles. The van der Waals surface area contributed by atoms with Crippen LogP contribution in [0.5, 0.6) is 0 Å². The summed E-state index contributed by atoms with van der Waals surface area (Å²) >= 11 is 0. The summed E-state index contributed by atoms with van der Waals surface area (Å²) in [4.78, 5) is 13.7. The van der Waals surface area contributed by atoms with Crippen LogP contribution in [0.4, 0.5) is 18.0 Å². The Labute approximate surface area is 215 Å². The molecule has 1 aromatic carbocycles. The first-order valence-electron chi connectivity index (χ1n) is 12.1. The Morgan fingerprint density at radius 2 is 1.61 bits per heavy atom. The SMILES string of the molecule is CC(C)C(C)(C)[SiH2]OC(C)(C)[C@H]1C[C@H](S(=O)(=O)c2ccccc2C(F)(F)F)CN1C(=O)OC(C)(C)C. The molecule has 206 valence electrons. The highest BCUT2D eigenvalue weighted by Gasteiger charge is 2.51. The van der Waals surface area contributed by atoms with Crippen molar-refractivity contribution in [1.29, 1.82) is 0 Å². The lowest BCUT2D eigenvalue weighted by Crippen LogP contribution is -2.52. The Morgan fingerprint density at radius 1 is 1.06 bits per heavy atom. The van der Waals surface area contributed by atoms with E-state index in [0.29, 0.717) is 5.92 Å². The predicted octanol–water partition coefficient (Wildman–Crippen LogP) is 5.59. The molecule has 2 atom stereocenters. The van der Waals surface area contributed by atoms with E-state index in [1.54, 1.807) is 34.6 Å². The van der Waals surface area contributed by atoms with Crippen LogP contribution in [0.1, 0.15) is 74.3 Å². The summed E-state index contributed by atoms with van der Waals surface area (Å²) in [5.74, 6) is 0.359. The number of alkyl halides is 3. The van der Waals surface area contributed by atoms with Crippen molar-refractivity contribution in [3.05, 3.63) is 29.8 Å². The van der Waals surface area contributed by atoms with Crippen LogP contribution < -0.4 is 0 Å². The van der Waals surface area contributed by atoms with E-state index in [2.05, 4.69) is 27.7 Å². The van der Waals surface area contributed by atoms with Crippen LogP contribution >= 0.6 is 0 Å². The molecule has 0 N–H and O–H groups in total. The van der Waals surface area contributed by atoms with E-state index in [-0.39, 0.29) is 18.0 Å². The molecule has 1 aromatic rings. The van der Waals surface area contributed by atoms with E-state index in [1.807, 2.05) is 0 Å². The monoisotopic (exact) mass is 551 g/mol. The van der Waals surface area contributed by atoms with Gasteiger partial charge in [0.05, 0.1) is 27.4 Å². The summed E-state index contributed by atoms with van der Waals surface area (Å²) in [5, 5.41) is -1.29. The second-order valence-corrected chi connectivity index (χ2v) is 16.7. The van der Waals surface area contributed by atoms with Crippen molar-refractivity contribution in [3.8, 4) is 0 Å². The molecular weight excluding hydrogens is 511 g/mol. The third kappa shape index (κ3) is 7.04. The number of hydrogen-bond acceptors (Lipinski definition) is 5. The molecule has 1 saturated heterocycles. The fraction of sp³-hybridized carbons (Fsp3) is 0.720. The van der Waals surface area contributed by atoms with Crippen LogP contribution in [0.15, 0.2) is 29.2 Å². The van der Waals surface area contributed by atoms with Crippen LogP contribution in [0.2, 0.25) is 5.04 Å². The smallest absolute Gasteiger partial charge is 0.417 e. The predicted molar refractivity (Wildman–Crippen MR) is 136 cm³/mol. The molecule has 1 heterocycles. The molecule has 2 rings (SSSR count). The van der Waals surface area contributed by atoms with Crippen LogP contribution in [0.25, 0.3) is 0 Å². The molecule has 0 bridgehead atoms. The van der Waals surface area contributed by atoms with Crippen LogP contribution in [-0.2, 0) is 25.2 Å². The topological polar surface area (TPSA) is 72.9 Å². The van der Waals surface area contributed by atoms with E-state index in [4.69, 9.17) is 9.16 Å². The third-order valence-electron chi connectivity index (χ3n) is 7.01. The lowest BCUT2D eigenvalue weighted by molar-refractivity contribution is -0.139. The Bertz CT molecular complexity index is 1050. The number of rotatable bonds is 7. The van der Waals surface area contributed by atoms with Gasteiger partial charge in [-0.25, -0.2) is 13.2 Å². The minimum atomic E-state index is -4.83. The van der Waals surface area contributed by atoms with E-state index in [0.717, 1.165) is 18.2 Å². The standard InChI is InChI=1S/C25H40F3NO5SSi/c1-16(2)24(8,9)36-34-23(6,7)20-14-17(15-29(20)21(30)33-22(3,4)5)35(31,32)19-13-11-10-12-18(19)25(26,27)28/h10-13,16-17,20H,14-15,36H2,1-9H3/t17-,20+/m0/s1. The molecule has 0 unspecified atom stereocenters. The largest absolute Gasteiger partial charge is 0.444 e. The first-order chi connectivity index (χ1) is 16.1. The maximum atomic E-state index is 13.6. The van der Waals surface area contributed by atoms with Gasteiger partial charge in [0.25, 0.3) is 0 Å². The van der Waals surface area contributed by atoms with E-state index >= 15 is 0 Å². The van der Waals surface area contributed by atoms with Crippen molar-refractivity contribution >= 4 is 25.7 Å². The molecule has 11 heteroatoms. The number of sulfone groups is 1. The first kappa shape index (κ1) is 30.6. The number of carbonyl (C=O) groups is 1. The highest BCUT2D eigenvalue weighted by molar-refractivity contribution is 7.92. The summed E-state index contributed by atoms with van der Waals surface area (Å²) < 4.78 is 79.9. The number of ether oxygens (including phenoxy) is 1. The Morgan fingerprint density at radius 3 is 2.11 bits per heavy atom. The molecule has 0 aliphatic carbocycles. The minimum absolute atomic E-state index is 0.0518. The van der Waals surface area contributed by atoms with Crippen LogP contribution in [-0.4, -0.2) is 58.2 Å². The van der Waals surface area contributed by atoms with E-state index < -0.39 is 64.8 Å². The average molecular weight is 552 g/mol. The minimum Gasteiger partial charge on any atom is -0.444 e. The Balaban J connectivity index is 2.47. The van der Waals surface area contributed by atoms with Gasteiger partial charge in [-0.1, -0.05) is 39.8 Å². The van der Waals surface area contributed by atoms with Crippen molar-refractivity contribution in [2.24, 2.45) is 5.92 Å². The zero-order valence-corrected chi connectivity index (χ0v) is 24.9. The molecule has 0 radical (unpaired) electrons. The lowest BCUT2D eigenvalue weighted by atomic mass is 9.97. The van der Waals surface area contributed by atoms with Gasteiger partial charge < -0.3 is 14.1 Å². The summed E-state index contributed by atoms with van der Waals surface area (Å²) in [5.41, 5.74) is -2.97. The summed E-state index contributed by atoms with van der Waals surface area (Å²) in [6.45, 7) is 16.9. The Kier molecular flexibility index (Phi) is 8.75.